The molecule has 0 aromatic carbocycles. The van der Waals surface area contributed by atoms with Crippen LogP contribution in [0.3, 0.4) is 0 Å². The lowest BCUT2D eigenvalue weighted by Gasteiger charge is -2.20. The van der Waals surface area contributed by atoms with Gasteiger partial charge in [-0.25, -0.2) is 0 Å². The molecule has 0 aliphatic heterocycles. The fourth-order valence-electron chi connectivity index (χ4n) is 9.89. The summed E-state index contributed by atoms with van der Waals surface area (Å²) in [4.78, 5) is 12.5. The highest BCUT2D eigenvalue weighted by molar-refractivity contribution is 5.76. The van der Waals surface area contributed by atoms with E-state index < -0.39 is 12.1 Å². The van der Waals surface area contributed by atoms with Crippen LogP contribution in [-0.4, -0.2) is 34.9 Å². The third-order valence-corrected chi connectivity index (χ3v) is 14.5. The summed E-state index contributed by atoms with van der Waals surface area (Å²) in [6.07, 6.45) is 75.5. The Hall–Kier alpha value is -0.870. The van der Waals surface area contributed by atoms with Crippen LogP contribution in [-0.2, 0) is 4.79 Å². The molecule has 4 heteroatoms. The van der Waals surface area contributed by atoms with Crippen molar-refractivity contribution in [3.63, 3.8) is 0 Å². The highest BCUT2D eigenvalue weighted by Gasteiger charge is 2.18. The minimum Gasteiger partial charge on any atom is -0.394 e. The Kier molecular flexibility index (Phi) is 56.7. The lowest BCUT2D eigenvalue weighted by Crippen LogP contribution is -2.45. The van der Waals surface area contributed by atoms with E-state index in [1.807, 2.05) is 6.08 Å². The van der Waals surface area contributed by atoms with Gasteiger partial charge in [-0.1, -0.05) is 341 Å². The van der Waals surface area contributed by atoms with Gasteiger partial charge in [-0.15, -0.1) is 0 Å². The molecule has 0 aromatic rings. The van der Waals surface area contributed by atoms with Crippen LogP contribution in [0, 0.1) is 0 Å². The molecule has 4 nitrogen and oxygen atoms in total. The average Bonchev–Trinajstić information content (AvgIpc) is 3.31. The number of carbonyl (C=O) groups is 1. The lowest BCUT2D eigenvalue weighted by atomic mass is 10.0. The first-order valence-electron chi connectivity index (χ1n) is 30.4. The SMILES string of the molecule is CCCCCCCCCCCCCCCCCCCCCCCCCCCCCCCCC/C=C/C(O)C(CO)NC(=O)CCCCCCCCCCCCCCCCCCCCCC. The second kappa shape index (κ2) is 57.4. The Morgan fingerprint density at radius 2 is 0.569 bits per heavy atom. The Labute approximate surface area is 409 Å². The second-order valence-corrected chi connectivity index (χ2v) is 21.1. The van der Waals surface area contributed by atoms with Crippen molar-refractivity contribution in [3.8, 4) is 0 Å². The molecule has 0 heterocycles. The third kappa shape index (κ3) is 53.9. The van der Waals surface area contributed by atoms with Crippen LogP contribution in [0.1, 0.15) is 354 Å². The molecule has 0 aromatic heterocycles. The van der Waals surface area contributed by atoms with Gasteiger partial charge in [-0.3, -0.25) is 4.79 Å². The number of hydrogen-bond acceptors (Lipinski definition) is 3. The van der Waals surface area contributed by atoms with E-state index in [1.165, 1.54) is 308 Å². The molecule has 0 spiro atoms. The first-order valence-corrected chi connectivity index (χ1v) is 30.4. The molecule has 0 aliphatic rings. The van der Waals surface area contributed by atoms with Crippen molar-refractivity contribution in [1.82, 2.24) is 5.32 Å². The van der Waals surface area contributed by atoms with Crippen molar-refractivity contribution in [2.45, 2.75) is 366 Å². The minimum atomic E-state index is -0.836. The molecule has 0 bridgehead atoms. The van der Waals surface area contributed by atoms with Crippen molar-refractivity contribution in [3.05, 3.63) is 12.2 Å². The minimum absolute atomic E-state index is 0.0555. The molecular formula is C61H121NO3. The molecule has 2 unspecified atom stereocenters. The number of carbonyl (C=O) groups excluding carboxylic acids is 1. The van der Waals surface area contributed by atoms with Crippen LogP contribution >= 0.6 is 0 Å². The number of aliphatic hydroxyl groups is 2. The first kappa shape index (κ1) is 64.1. The van der Waals surface area contributed by atoms with Gasteiger partial charge in [0.1, 0.15) is 0 Å². The van der Waals surface area contributed by atoms with Gasteiger partial charge in [-0.2, -0.15) is 0 Å². The summed E-state index contributed by atoms with van der Waals surface area (Å²) in [6.45, 7) is 4.36. The van der Waals surface area contributed by atoms with E-state index in [4.69, 9.17) is 0 Å². The maximum absolute atomic E-state index is 12.5. The van der Waals surface area contributed by atoms with Gasteiger partial charge in [0.25, 0.3) is 0 Å². The predicted octanol–water partition coefficient (Wildman–Crippen LogP) is 20.1. The standard InChI is InChI=1S/C61H121NO3/c1-3-5-7-9-11-13-15-17-19-21-23-25-26-27-28-29-30-31-32-33-34-35-36-37-38-40-42-44-46-48-50-52-54-56-60(64)59(58-63)62-61(65)57-55-53-51-49-47-45-43-41-39-24-22-20-18-16-14-12-10-8-6-4-2/h54,56,59-60,63-64H,3-53,55,57-58H2,1-2H3,(H,62,65)/b56-54+. The lowest BCUT2D eigenvalue weighted by molar-refractivity contribution is -0.123. The van der Waals surface area contributed by atoms with E-state index in [0.717, 1.165) is 25.7 Å². The van der Waals surface area contributed by atoms with E-state index in [0.29, 0.717) is 6.42 Å². The van der Waals surface area contributed by atoms with Crippen LogP contribution in [0.25, 0.3) is 0 Å². The molecule has 65 heavy (non-hydrogen) atoms. The molecule has 0 fully saturated rings. The van der Waals surface area contributed by atoms with E-state index >= 15 is 0 Å². The van der Waals surface area contributed by atoms with Crippen molar-refractivity contribution in [1.29, 1.82) is 0 Å². The van der Waals surface area contributed by atoms with Crippen molar-refractivity contribution >= 4 is 5.91 Å². The summed E-state index contributed by atoms with van der Waals surface area (Å²) in [5.74, 6) is -0.0555. The zero-order valence-electron chi connectivity index (χ0n) is 44.8. The summed E-state index contributed by atoms with van der Waals surface area (Å²) >= 11 is 0. The predicted molar refractivity (Wildman–Crippen MR) is 290 cm³/mol. The normalized spacial score (nSPS) is 12.7. The Balaban J connectivity index is 3.41. The van der Waals surface area contributed by atoms with Gasteiger partial charge in [0.15, 0.2) is 0 Å². The number of hydrogen-bond donors (Lipinski definition) is 3. The van der Waals surface area contributed by atoms with Crippen LogP contribution in [0.15, 0.2) is 12.2 Å². The highest BCUT2D eigenvalue weighted by Crippen LogP contribution is 2.19. The van der Waals surface area contributed by atoms with Crippen LogP contribution in [0.2, 0.25) is 0 Å². The smallest absolute Gasteiger partial charge is 0.220 e. The van der Waals surface area contributed by atoms with Crippen LogP contribution in [0.4, 0.5) is 0 Å². The molecule has 2 atom stereocenters. The topological polar surface area (TPSA) is 69.6 Å². The zero-order valence-corrected chi connectivity index (χ0v) is 44.8. The maximum atomic E-state index is 12.5. The molecule has 388 valence electrons. The molecule has 0 saturated heterocycles. The Morgan fingerprint density at radius 1 is 0.354 bits per heavy atom. The quantitative estimate of drug-likeness (QED) is 0.0421. The number of allylic oxidation sites excluding steroid dienone is 1. The zero-order chi connectivity index (χ0) is 47.0. The van der Waals surface area contributed by atoms with Crippen LogP contribution < -0.4 is 5.32 Å². The molecule has 3 N–H and O–H groups in total. The van der Waals surface area contributed by atoms with Crippen LogP contribution in [0.5, 0.6) is 0 Å². The Bertz CT molecular complexity index is 905. The molecule has 0 aliphatic carbocycles. The molecule has 0 radical (unpaired) electrons. The summed E-state index contributed by atoms with van der Waals surface area (Å²) in [6, 6.07) is -0.618. The fraction of sp³-hybridized carbons (Fsp3) is 0.951. The van der Waals surface area contributed by atoms with Gasteiger partial charge in [0.05, 0.1) is 18.8 Å². The monoisotopic (exact) mass is 916 g/mol. The largest absolute Gasteiger partial charge is 0.394 e. The van der Waals surface area contributed by atoms with E-state index in [9.17, 15) is 15.0 Å². The molecule has 0 saturated carbocycles. The van der Waals surface area contributed by atoms with E-state index in [-0.39, 0.29) is 12.5 Å². The summed E-state index contributed by atoms with van der Waals surface area (Å²) in [5.41, 5.74) is 0. The summed E-state index contributed by atoms with van der Waals surface area (Å²) < 4.78 is 0. The molecule has 0 rings (SSSR count). The van der Waals surface area contributed by atoms with E-state index in [2.05, 4.69) is 19.2 Å². The van der Waals surface area contributed by atoms with E-state index in [1.54, 1.807) is 6.08 Å². The number of aliphatic hydroxyl groups excluding tert-OH is 2. The van der Waals surface area contributed by atoms with Crippen molar-refractivity contribution in [2.24, 2.45) is 0 Å². The van der Waals surface area contributed by atoms with Gasteiger partial charge < -0.3 is 15.5 Å². The Morgan fingerprint density at radius 3 is 0.800 bits per heavy atom. The molecule has 1 amide bonds. The number of unbranched alkanes of at least 4 members (excludes halogenated alkanes) is 50. The molecular weight excluding hydrogens is 795 g/mol. The van der Waals surface area contributed by atoms with Gasteiger partial charge >= 0.3 is 0 Å². The number of amides is 1. The number of nitrogens with one attached hydrogen (secondary N) is 1. The van der Waals surface area contributed by atoms with Gasteiger partial charge in [-0.05, 0) is 19.3 Å². The second-order valence-electron chi connectivity index (χ2n) is 21.1. The highest BCUT2D eigenvalue weighted by atomic mass is 16.3. The summed E-state index contributed by atoms with van der Waals surface area (Å²) in [5, 5.41) is 23.2. The third-order valence-electron chi connectivity index (χ3n) is 14.5. The van der Waals surface area contributed by atoms with Gasteiger partial charge in [0, 0.05) is 6.42 Å². The number of rotatable bonds is 57. The van der Waals surface area contributed by atoms with Crippen molar-refractivity contribution < 1.29 is 15.0 Å². The fourth-order valence-corrected chi connectivity index (χ4v) is 9.89. The maximum Gasteiger partial charge on any atom is 0.220 e. The average molecular weight is 917 g/mol. The van der Waals surface area contributed by atoms with Gasteiger partial charge in [0.2, 0.25) is 5.91 Å². The first-order chi connectivity index (χ1) is 32.2. The van der Waals surface area contributed by atoms with Crippen molar-refractivity contribution in [2.75, 3.05) is 6.61 Å². The summed E-state index contributed by atoms with van der Waals surface area (Å²) in [7, 11) is 0.